The molecule has 1 unspecified atom stereocenters. The number of anilines is 1. The van der Waals surface area contributed by atoms with Crippen molar-refractivity contribution in [2.45, 2.75) is 11.8 Å². The van der Waals surface area contributed by atoms with E-state index in [4.69, 9.17) is 0 Å². The van der Waals surface area contributed by atoms with Crippen LogP contribution in [-0.4, -0.2) is 5.91 Å². The van der Waals surface area contributed by atoms with Gasteiger partial charge in [0.1, 0.15) is 5.82 Å². The van der Waals surface area contributed by atoms with Crippen molar-refractivity contribution in [3.05, 3.63) is 65.5 Å². The summed E-state index contributed by atoms with van der Waals surface area (Å²) in [4.78, 5) is 12.1. The quantitative estimate of drug-likeness (QED) is 0.826. The number of rotatable bonds is 3. The van der Waals surface area contributed by atoms with E-state index in [0.717, 1.165) is 5.56 Å². The van der Waals surface area contributed by atoms with Crippen LogP contribution in [0, 0.1) is 5.82 Å². The Balaban J connectivity index is 2.27. The summed E-state index contributed by atoms with van der Waals surface area (Å²) in [6.07, 6.45) is 0. The molecule has 0 spiro atoms. The zero-order chi connectivity index (χ0) is 13.8. The third-order valence-corrected chi connectivity index (χ3v) is 3.25. The molecule has 19 heavy (non-hydrogen) atoms. The maximum Gasteiger partial charge on any atom is 0.258 e. The smallest absolute Gasteiger partial charge is 0.258 e. The summed E-state index contributed by atoms with van der Waals surface area (Å²) in [6.45, 7) is 1.97. The van der Waals surface area contributed by atoms with E-state index in [2.05, 4.69) is 21.2 Å². The molecule has 0 radical (unpaired) electrons. The number of nitrogens with one attached hydrogen (secondary N) is 1. The van der Waals surface area contributed by atoms with Crippen LogP contribution in [0.4, 0.5) is 10.1 Å². The highest BCUT2D eigenvalue weighted by Crippen LogP contribution is 2.29. The molecule has 2 nitrogen and oxygen atoms in total. The second kappa shape index (κ2) is 5.97. The molecule has 1 amide bonds. The standard InChI is InChI=1S/C15H13BrFNO/c1-10(16)11-6-3-5-9-14(11)18-15(19)12-7-2-4-8-13(12)17/h2-10H,1H3,(H,18,19). The number of hydrogen-bond donors (Lipinski definition) is 1. The zero-order valence-corrected chi connectivity index (χ0v) is 11.9. The third kappa shape index (κ3) is 3.20. The summed E-state index contributed by atoms with van der Waals surface area (Å²) in [7, 11) is 0. The number of carbonyl (C=O) groups is 1. The molecule has 0 aliphatic carbocycles. The maximum absolute atomic E-state index is 13.5. The maximum atomic E-state index is 13.5. The number of alkyl halides is 1. The normalized spacial score (nSPS) is 11.9. The van der Waals surface area contributed by atoms with Crippen molar-refractivity contribution >= 4 is 27.5 Å². The minimum Gasteiger partial charge on any atom is -0.322 e. The van der Waals surface area contributed by atoms with Gasteiger partial charge in [-0.3, -0.25) is 4.79 Å². The minimum atomic E-state index is -0.524. The Labute approximate surface area is 119 Å². The van der Waals surface area contributed by atoms with E-state index in [-0.39, 0.29) is 10.4 Å². The van der Waals surface area contributed by atoms with E-state index in [9.17, 15) is 9.18 Å². The van der Waals surface area contributed by atoms with Crippen molar-refractivity contribution in [3.63, 3.8) is 0 Å². The molecule has 0 heterocycles. The summed E-state index contributed by atoms with van der Waals surface area (Å²) in [5.41, 5.74) is 1.67. The van der Waals surface area contributed by atoms with Gasteiger partial charge in [0.25, 0.3) is 5.91 Å². The number of halogens is 2. The van der Waals surface area contributed by atoms with Crippen molar-refractivity contribution in [3.8, 4) is 0 Å². The number of benzene rings is 2. The monoisotopic (exact) mass is 321 g/mol. The van der Waals surface area contributed by atoms with Gasteiger partial charge in [0.2, 0.25) is 0 Å². The molecule has 0 fully saturated rings. The molecular formula is C15H13BrFNO. The van der Waals surface area contributed by atoms with Gasteiger partial charge in [-0.25, -0.2) is 4.39 Å². The van der Waals surface area contributed by atoms with E-state index in [1.807, 2.05) is 25.1 Å². The Morgan fingerprint density at radius 3 is 2.47 bits per heavy atom. The lowest BCUT2D eigenvalue weighted by Gasteiger charge is -2.12. The summed E-state index contributed by atoms with van der Waals surface area (Å²) < 4.78 is 13.5. The first-order valence-corrected chi connectivity index (χ1v) is 6.80. The van der Waals surface area contributed by atoms with Gasteiger partial charge in [0.15, 0.2) is 0 Å². The van der Waals surface area contributed by atoms with Gasteiger partial charge in [-0.2, -0.15) is 0 Å². The lowest BCUT2D eigenvalue weighted by atomic mass is 10.1. The Bertz CT molecular complexity index is 598. The first kappa shape index (κ1) is 13.7. The molecule has 2 aromatic carbocycles. The predicted octanol–water partition coefficient (Wildman–Crippen LogP) is 4.53. The molecule has 4 heteroatoms. The van der Waals surface area contributed by atoms with E-state index < -0.39 is 11.7 Å². The van der Waals surface area contributed by atoms with Crippen LogP contribution in [0.15, 0.2) is 48.5 Å². The largest absolute Gasteiger partial charge is 0.322 e. The molecule has 0 saturated carbocycles. The van der Waals surface area contributed by atoms with E-state index in [1.54, 1.807) is 18.2 Å². The van der Waals surface area contributed by atoms with Crippen LogP contribution >= 0.6 is 15.9 Å². The van der Waals surface area contributed by atoms with Crippen LogP contribution in [0.1, 0.15) is 27.7 Å². The highest BCUT2D eigenvalue weighted by Gasteiger charge is 2.14. The molecule has 0 saturated heterocycles. The molecule has 1 atom stereocenters. The lowest BCUT2D eigenvalue weighted by Crippen LogP contribution is -2.14. The lowest BCUT2D eigenvalue weighted by molar-refractivity contribution is 0.102. The van der Waals surface area contributed by atoms with Gasteiger partial charge < -0.3 is 5.32 Å². The van der Waals surface area contributed by atoms with Gasteiger partial charge in [0.05, 0.1) is 5.56 Å². The Morgan fingerprint density at radius 1 is 1.16 bits per heavy atom. The van der Waals surface area contributed by atoms with E-state index in [0.29, 0.717) is 5.69 Å². The highest BCUT2D eigenvalue weighted by molar-refractivity contribution is 9.09. The van der Waals surface area contributed by atoms with Gasteiger partial charge in [0, 0.05) is 10.5 Å². The van der Waals surface area contributed by atoms with Gasteiger partial charge >= 0.3 is 0 Å². The summed E-state index contributed by atoms with van der Waals surface area (Å²) in [5, 5.41) is 2.74. The van der Waals surface area contributed by atoms with Crippen LogP contribution < -0.4 is 5.32 Å². The summed E-state index contributed by atoms with van der Waals surface area (Å²) >= 11 is 3.47. The Morgan fingerprint density at radius 2 is 1.79 bits per heavy atom. The zero-order valence-electron chi connectivity index (χ0n) is 10.4. The van der Waals surface area contributed by atoms with Crippen LogP contribution in [0.2, 0.25) is 0 Å². The predicted molar refractivity (Wildman–Crippen MR) is 78.1 cm³/mol. The molecular weight excluding hydrogens is 309 g/mol. The average Bonchev–Trinajstić information content (AvgIpc) is 2.39. The first-order chi connectivity index (χ1) is 9.09. The van der Waals surface area contributed by atoms with Crippen LogP contribution in [0.25, 0.3) is 0 Å². The molecule has 0 aliphatic rings. The van der Waals surface area contributed by atoms with Crippen molar-refractivity contribution < 1.29 is 9.18 Å². The number of carbonyl (C=O) groups excluding carboxylic acids is 1. The van der Waals surface area contributed by atoms with Gasteiger partial charge in [-0.1, -0.05) is 46.3 Å². The Hall–Kier alpha value is -1.68. The van der Waals surface area contributed by atoms with Crippen molar-refractivity contribution in [2.24, 2.45) is 0 Å². The van der Waals surface area contributed by atoms with Crippen LogP contribution in [-0.2, 0) is 0 Å². The molecule has 1 N–H and O–H groups in total. The molecule has 98 valence electrons. The molecule has 0 aliphatic heterocycles. The summed E-state index contributed by atoms with van der Waals surface area (Å²) in [6, 6.07) is 13.4. The Kier molecular flexibility index (Phi) is 4.32. The first-order valence-electron chi connectivity index (χ1n) is 5.88. The van der Waals surface area contributed by atoms with Gasteiger partial charge in [-0.15, -0.1) is 0 Å². The second-order valence-electron chi connectivity index (χ2n) is 4.14. The minimum absolute atomic E-state index is 0.0412. The third-order valence-electron chi connectivity index (χ3n) is 2.76. The molecule has 2 rings (SSSR count). The highest BCUT2D eigenvalue weighted by atomic mass is 79.9. The van der Waals surface area contributed by atoms with Crippen molar-refractivity contribution in [1.82, 2.24) is 0 Å². The fourth-order valence-electron chi connectivity index (χ4n) is 1.79. The summed E-state index contributed by atoms with van der Waals surface area (Å²) in [5.74, 6) is -0.969. The van der Waals surface area contributed by atoms with Crippen molar-refractivity contribution in [1.29, 1.82) is 0 Å². The fourth-order valence-corrected chi connectivity index (χ4v) is 2.19. The SMILES string of the molecule is CC(Br)c1ccccc1NC(=O)c1ccccc1F. The number of hydrogen-bond acceptors (Lipinski definition) is 1. The van der Waals surface area contributed by atoms with Crippen LogP contribution in [0.5, 0.6) is 0 Å². The topological polar surface area (TPSA) is 29.1 Å². The van der Waals surface area contributed by atoms with Crippen LogP contribution in [0.3, 0.4) is 0 Å². The number of para-hydroxylation sites is 1. The molecule has 0 bridgehead atoms. The van der Waals surface area contributed by atoms with Gasteiger partial charge in [-0.05, 0) is 30.7 Å². The fraction of sp³-hybridized carbons (Fsp3) is 0.133. The number of amides is 1. The molecule has 2 aromatic rings. The molecule has 0 aromatic heterocycles. The second-order valence-corrected chi connectivity index (χ2v) is 5.51. The van der Waals surface area contributed by atoms with Crippen molar-refractivity contribution in [2.75, 3.05) is 5.32 Å². The van der Waals surface area contributed by atoms with E-state index >= 15 is 0 Å². The average molecular weight is 322 g/mol. The van der Waals surface area contributed by atoms with E-state index in [1.165, 1.54) is 12.1 Å².